The second-order valence-corrected chi connectivity index (χ2v) is 5.81. The number of urea groups is 1. The van der Waals surface area contributed by atoms with Crippen molar-refractivity contribution in [3.63, 3.8) is 0 Å². The Hall–Kier alpha value is -1.79. The number of carbonyl (C=O) groups excluding carboxylic acids is 1. The standard InChI is InChI=1S/C16H25N3O3/c1-12-10-18(11-13(2)20)7-8-19(12)16(21)17-14-5-4-6-15(9-14)22-3/h4-6,9,12-13,20H,7-8,10-11H2,1-3H3,(H,17,21)/t12-,13+/m0/s1. The Kier molecular flexibility index (Phi) is 5.63. The lowest BCUT2D eigenvalue weighted by atomic mass is 10.2. The third kappa shape index (κ3) is 4.35. The molecule has 1 aromatic carbocycles. The first-order valence-electron chi connectivity index (χ1n) is 7.61. The third-order valence-electron chi connectivity index (χ3n) is 3.82. The molecule has 1 heterocycles. The molecule has 1 saturated heterocycles. The number of ether oxygens (including phenoxy) is 1. The van der Waals surface area contributed by atoms with Gasteiger partial charge in [-0.05, 0) is 26.0 Å². The van der Waals surface area contributed by atoms with E-state index in [0.29, 0.717) is 18.8 Å². The summed E-state index contributed by atoms with van der Waals surface area (Å²) in [6.07, 6.45) is -0.343. The molecule has 0 spiro atoms. The molecule has 0 radical (unpaired) electrons. The van der Waals surface area contributed by atoms with Crippen LogP contribution in [0, 0.1) is 0 Å². The van der Waals surface area contributed by atoms with Gasteiger partial charge in [0.2, 0.25) is 0 Å². The van der Waals surface area contributed by atoms with Crippen LogP contribution in [0.1, 0.15) is 13.8 Å². The lowest BCUT2D eigenvalue weighted by Crippen LogP contribution is -2.56. The Morgan fingerprint density at radius 3 is 2.91 bits per heavy atom. The summed E-state index contributed by atoms with van der Waals surface area (Å²) in [6, 6.07) is 7.34. The predicted octanol–water partition coefficient (Wildman–Crippen LogP) is 1.61. The summed E-state index contributed by atoms with van der Waals surface area (Å²) in [4.78, 5) is 16.4. The molecule has 0 aromatic heterocycles. The smallest absolute Gasteiger partial charge is 0.322 e. The molecular formula is C16H25N3O3. The molecular weight excluding hydrogens is 282 g/mol. The number of benzene rings is 1. The Labute approximate surface area is 131 Å². The quantitative estimate of drug-likeness (QED) is 0.887. The highest BCUT2D eigenvalue weighted by Gasteiger charge is 2.27. The first kappa shape index (κ1) is 16.6. The van der Waals surface area contributed by atoms with Gasteiger partial charge < -0.3 is 20.1 Å². The highest BCUT2D eigenvalue weighted by Crippen LogP contribution is 2.18. The molecule has 1 aliphatic heterocycles. The van der Waals surface area contributed by atoms with Gasteiger partial charge in [-0.2, -0.15) is 0 Å². The molecule has 6 heteroatoms. The van der Waals surface area contributed by atoms with Crippen LogP contribution in [0.15, 0.2) is 24.3 Å². The summed E-state index contributed by atoms with van der Waals surface area (Å²) in [5.41, 5.74) is 0.725. The van der Waals surface area contributed by atoms with Gasteiger partial charge in [-0.3, -0.25) is 4.90 Å². The third-order valence-corrected chi connectivity index (χ3v) is 3.82. The van der Waals surface area contributed by atoms with E-state index < -0.39 is 0 Å². The first-order chi connectivity index (χ1) is 10.5. The van der Waals surface area contributed by atoms with Gasteiger partial charge in [0, 0.05) is 44.0 Å². The van der Waals surface area contributed by atoms with Gasteiger partial charge in [0.25, 0.3) is 0 Å². The van der Waals surface area contributed by atoms with Crippen LogP contribution in [0.2, 0.25) is 0 Å². The molecule has 2 rings (SSSR count). The van der Waals surface area contributed by atoms with Crippen LogP contribution in [-0.4, -0.2) is 66.4 Å². The van der Waals surface area contributed by atoms with Crippen molar-refractivity contribution in [3.05, 3.63) is 24.3 Å². The zero-order valence-corrected chi connectivity index (χ0v) is 13.5. The molecule has 2 amide bonds. The monoisotopic (exact) mass is 307 g/mol. The van der Waals surface area contributed by atoms with Crippen LogP contribution in [-0.2, 0) is 0 Å². The summed E-state index contributed by atoms with van der Waals surface area (Å²) in [5, 5.41) is 12.4. The van der Waals surface area contributed by atoms with Crippen molar-refractivity contribution in [2.45, 2.75) is 26.0 Å². The van der Waals surface area contributed by atoms with E-state index in [2.05, 4.69) is 10.2 Å². The Balaban J connectivity index is 1.92. The van der Waals surface area contributed by atoms with Gasteiger partial charge in [-0.25, -0.2) is 4.79 Å². The number of rotatable bonds is 4. The van der Waals surface area contributed by atoms with Crippen LogP contribution in [0.25, 0.3) is 0 Å². The molecule has 6 nitrogen and oxygen atoms in total. The molecule has 0 bridgehead atoms. The highest BCUT2D eigenvalue weighted by molar-refractivity contribution is 5.89. The number of amides is 2. The number of methoxy groups -OCH3 is 1. The lowest BCUT2D eigenvalue weighted by Gasteiger charge is -2.40. The average Bonchev–Trinajstić information content (AvgIpc) is 2.46. The summed E-state index contributed by atoms with van der Waals surface area (Å²) in [6.45, 7) is 6.67. The van der Waals surface area contributed by atoms with Gasteiger partial charge in [-0.15, -0.1) is 0 Å². The van der Waals surface area contributed by atoms with Crippen molar-refractivity contribution in [3.8, 4) is 5.75 Å². The van der Waals surface area contributed by atoms with Crippen LogP contribution < -0.4 is 10.1 Å². The van der Waals surface area contributed by atoms with Crippen LogP contribution in [0.3, 0.4) is 0 Å². The van der Waals surface area contributed by atoms with E-state index >= 15 is 0 Å². The number of aliphatic hydroxyl groups excluding tert-OH is 1. The fourth-order valence-corrected chi connectivity index (χ4v) is 2.77. The normalized spacial score (nSPS) is 20.5. The topological polar surface area (TPSA) is 65.0 Å². The maximum absolute atomic E-state index is 12.4. The number of β-amino-alcohol motifs (C(OH)–C–C–N with tert-alkyl or cyclic N) is 1. The zero-order chi connectivity index (χ0) is 16.1. The van der Waals surface area contributed by atoms with E-state index in [1.165, 1.54) is 0 Å². The number of hydrogen-bond donors (Lipinski definition) is 2. The van der Waals surface area contributed by atoms with E-state index in [9.17, 15) is 9.90 Å². The Morgan fingerprint density at radius 1 is 1.50 bits per heavy atom. The Bertz CT molecular complexity index is 507. The van der Waals surface area contributed by atoms with Crippen molar-refractivity contribution >= 4 is 11.7 Å². The molecule has 0 aliphatic carbocycles. The van der Waals surface area contributed by atoms with Crippen LogP contribution >= 0.6 is 0 Å². The minimum atomic E-state index is -0.343. The van der Waals surface area contributed by atoms with Crippen LogP contribution in [0.5, 0.6) is 5.75 Å². The number of nitrogens with one attached hydrogen (secondary N) is 1. The predicted molar refractivity (Wildman–Crippen MR) is 86.3 cm³/mol. The summed E-state index contributed by atoms with van der Waals surface area (Å²) in [5.74, 6) is 0.715. The minimum Gasteiger partial charge on any atom is -0.497 e. The zero-order valence-electron chi connectivity index (χ0n) is 13.5. The molecule has 1 aromatic rings. The molecule has 2 N–H and O–H groups in total. The molecule has 122 valence electrons. The average molecular weight is 307 g/mol. The van der Waals surface area contributed by atoms with Crippen molar-refractivity contribution in [1.29, 1.82) is 0 Å². The SMILES string of the molecule is COc1cccc(NC(=O)N2CCN(C[C@@H](C)O)C[C@@H]2C)c1. The molecule has 22 heavy (non-hydrogen) atoms. The summed E-state index contributed by atoms with van der Waals surface area (Å²) in [7, 11) is 1.60. The fraction of sp³-hybridized carbons (Fsp3) is 0.562. The van der Waals surface area contributed by atoms with Crippen molar-refractivity contribution in [2.75, 3.05) is 38.6 Å². The van der Waals surface area contributed by atoms with E-state index in [1.807, 2.05) is 30.0 Å². The molecule has 0 saturated carbocycles. The maximum atomic E-state index is 12.4. The van der Waals surface area contributed by atoms with Gasteiger partial charge in [-0.1, -0.05) is 6.07 Å². The van der Waals surface area contributed by atoms with Crippen molar-refractivity contribution in [2.24, 2.45) is 0 Å². The van der Waals surface area contributed by atoms with Gasteiger partial charge in [0.15, 0.2) is 0 Å². The van der Waals surface area contributed by atoms with Gasteiger partial charge >= 0.3 is 6.03 Å². The van der Waals surface area contributed by atoms with Crippen molar-refractivity contribution in [1.82, 2.24) is 9.80 Å². The first-order valence-corrected chi connectivity index (χ1v) is 7.61. The molecule has 2 atom stereocenters. The summed E-state index contributed by atoms with van der Waals surface area (Å²) < 4.78 is 5.16. The number of carbonyl (C=O) groups is 1. The van der Waals surface area contributed by atoms with Gasteiger partial charge in [0.05, 0.1) is 13.2 Å². The lowest BCUT2D eigenvalue weighted by molar-refractivity contribution is 0.0692. The Morgan fingerprint density at radius 2 is 2.27 bits per heavy atom. The molecule has 1 fully saturated rings. The highest BCUT2D eigenvalue weighted by atomic mass is 16.5. The van der Waals surface area contributed by atoms with Gasteiger partial charge in [0.1, 0.15) is 5.75 Å². The minimum absolute atomic E-state index is 0.0996. The van der Waals surface area contributed by atoms with E-state index in [4.69, 9.17) is 4.74 Å². The van der Waals surface area contributed by atoms with E-state index in [-0.39, 0.29) is 18.2 Å². The largest absolute Gasteiger partial charge is 0.497 e. The number of hydrogen-bond acceptors (Lipinski definition) is 4. The summed E-state index contributed by atoms with van der Waals surface area (Å²) >= 11 is 0. The number of piperazine rings is 1. The second-order valence-electron chi connectivity index (χ2n) is 5.81. The number of anilines is 1. The second kappa shape index (κ2) is 7.47. The maximum Gasteiger partial charge on any atom is 0.322 e. The van der Waals surface area contributed by atoms with Crippen LogP contribution in [0.4, 0.5) is 10.5 Å². The fourth-order valence-electron chi connectivity index (χ4n) is 2.77. The number of aliphatic hydroxyl groups is 1. The number of nitrogens with zero attached hydrogens (tertiary/aromatic N) is 2. The van der Waals surface area contributed by atoms with E-state index in [0.717, 1.165) is 18.8 Å². The molecule has 0 unspecified atom stereocenters. The van der Waals surface area contributed by atoms with Crippen molar-refractivity contribution < 1.29 is 14.6 Å². The molecule has 1 aliphatic rings. The van der Waals surface area contributed by atoms with E-state index in [1.54, 1.807) is 20.1 Å².